The molecule has 4 heteroatoms. The lowest BCUT2D eigenvalue weighted by Gasteiger charge is -2.55. The summed E-state index contributed by atoms with van der Waals surface area (Å²) in [7, 11) is 0. The highest BCUT2D eigenvalue weighted by molar-refractivity contribution is 5.98. The second-order valence-electron chi connectivity index (χ2n) is 7.36. The molecule has 2 atom stereocenters. The number of carbonyl (C=O) groups is 2. The van der Waals surface area contributed by atoms with Crippen molar-refractivity contribution in [2.75, 3.05) is 4.90 Å². The molecule has 0 aromatic heterocycles. The zero-order valence-corrected chi connectivity index (χ0v) is 15.0. The SMILES string of the molecule is CC(=O)N1c2cc[c]cc2C(C)(c2ccccc2)C(C(N)=O)C1(C)C. The van der Waals surface area contributed by atoms with E-state index in [4.69, 9.17) is 5.73 Å². The minimum Gasteiger partial charge on any atom is -0.369 e. The standard InChI is InChI=1S/C21H23N2O2/c1-14(24)23-17-13-9-8-12-16(17)21(4,15-10-6-5-7-11-15)18(19(22)25)20(23,2)3/h5-7,9-13,18H,1-4H3,(H2,22,25). The van der Waals surface area contributed by atoms with Crippen molar-refractivity contribution in [3.63, 3.8) is 0 Å². The molecule has 1 heterocycles. The Morgan fingerprint density at radius 3 is 2.32 bits per heavy atom. The number of hydrogen-bond donors (Lipinski definition) is 1. The Kier molecular flexibility index (Phi) is 3.94. The summed E-state index contributed by atoms with van der Waals surface area (Å²) in [6.45, 7) is 7.37. The number of hydrogen-bond acceptors (Lipinski definition) is 2. The van der Waals surface area contributed by atoms with Crippen LogP contribution in [0.1, 0.15) is 38.8 Å². The van der Waals surface area contributed by atoms with Gasteiger partial charge in [-0.25, -0.2) is 0 Å². The summed E-state index contributed by atoms with van der Waals surface area (Å²) < 4.78 is 0. The zero-order valence-electron chi connectivity index (χ0n) is 15.0. The van der Waals surface area contributed by atoms with E-state index in [1.807, 2.05) is 63.2 Å². The van der Waals surface area contributed by atoms with E-state index in [1.165, 1.54) is 6.92 Å². The summed E-state index contributed by atoms with van der Waals surface area (Å²) in [5.41, 5.74) is 7.15. The van der Waals surface area contributed by atoms with Crippen LogP contribution in [0.3, 0.4) is 0 Å². The van der Waals surface area contributed by atoms with E-state index in [0.29, 0.717) is 0 Å². The molecule has 2 N–H and O–H groups in total. The first-order valence-electron chi connectivity index (χ1n) is 8.38. The van der Waals surface area contributed by atoms with Crippen molar-refractivity contribution in [3.8, 4) is 0 Å². The van der Waals surface area contributed by atoms with Gasteiger partial charge < -0.3 is 10.6 Å². The van der Waals surface area contributed by atoms with Crippen molar-refractivity contribution in [2.24, 2.45) is 11.7 Å². The number of anilines is 1. The molecule has 2 unspecified atom stereocenters. The van der Waals surface area contributed by atoms with Gasteiger partial charge in [-0.2, -0.15) is 0 Å². The molecule has 0 saturated carbocycles. The zero-order chi connectivity index (χ0) is 18.4. The Balaban J connectivity index is 2.42. The van der Waals surface area contributed by atoms with Gasteiger partial charge in [0, 0.05) is 18.0 Å². The highest BCUT2D eigenvalue weighted by Gasteiger charge is 2.57. The molecule has 0 spiro atoms. The van der Waals surface area contributed by atoms with Crippen molar-refractivity contribution in [1.29, 1.82) is 0 Å². The maximum atomic E-state index is 12.6. The van der Waals surface area contributed by atoms with Gasteiger partial charge in [0.15, 0.2) is 0 Å². The quantitative estimate of drug-likeness (QED) is 0.917. The van der Waals surface area contributed by atoms with Crippen LogP contribution in [-0.4, -0.2) is 17.4 Å². The summed E-state index contributed by atoms with van der Waals surface area (Å²) in [5.74, 6) is -1.12. The molecule has 1 aliphatic heterocycles. The van der Waals surface area contributed by atoms with Crippen molar-refractivity contribution in [3.05, 3.63) is 65.7 Å². The number of rotatable bonds is 2. The van der Waals surface area contributed by atoms with E-state index in [1.54, 1.807) is 11.0 Å². The van der Waals surface area contributed by atoms with E-state index < -0.39 is 22.8 Å². The normalized spacial score (nSPS) is 24.5. The molecule has 129 valence electrons. The van der Waals surface area contributed by atoms with Crippen LogP contribution in [0.15, 0.2) is 48.5 Å². The Hall–Kier alpha value is -2.62. The molecule has 1 radical (unpaired) electrons. The van der Waals surface area contributed by atoms with Crippen LogP contribution in [0.2, 0.25) is 0 Å². The van der Waals surface area contributed by atoms with Gasteiger partial charge in [-0.15, -0.1) is 0 Å². The highest BCUT2D eigenvalue weighted by atomic mass is 16.2. The van der Waals surface area contributed by atoms with Crippen molar-refractivity contribution in [1.82, 2.24) is 0 Å². The number of nitrogens with zero attached hydrogens (tertiary/aromatic N) is 1. The largest absolute Gasteiger partial charge is 0.369 e. The smallest absolute Gasteiger partial charge is 0.224 e. The Bertz CT molecular complexity index is 829. The predicted octanol–water partition coefficient (Wildman–Crippen LogP) is 3.04. The maximum absolute atomic E-state index is 12.6. The molecule has 0 aliphatic carbocycles. The minimum atomic E-state index is -0.767. The third kappa shape index (κ3) is 2.36. The van der Waals surface area contributed by atoms with Crippen molar-refractivity contribution >= 4 is 17.5 Å². The molecule has 2 amide bonds. The van der Waals surface area contributed by atoms with Crippen LogP contribution in [0, 0.1) is 12.0 Å². The third-order valence-electron chi connectivity index (χ3n) is 5.47. The van der Waals surface area contributed by atoms with Crippen LogP contribution in [0.5, 0.6) is 0 Å². The Labute approximate surface area is 148 Å². The van der Waals surface area contributed by atoms with Gasteiger partial charge in [-0.1, -0.05) is 43.3 Å². The lowest BCUT2D eigenvalue weighted by molar-refractivity contribution is -0.127. The van der Waals surface area contributed by atoms with Gasteiger partial charge in [0.2, 0.25) is 11.8 Å². The molecule has 0 fully saturated rings. The number of amides is 2. The summed E-state index contributed by atoms with van der Waals surface area (Å²) in [6, 6.07) is 18.5. The molecule has 1 aliphatic rings. The van der Waals surface area contributed by atoms with Gasteiger partial charge in [0.25, 0.3) is 0 Å². The Morgan fingerprint density at radius 2 is 1.76 bits per heavy atom. The van der Waals surface area contributed by atoms with Gasteiger partial charge in [0.05, 0.1) is 11.5 Å². The first-order valence-corrected chi connectivity index (χ1v) is 8.38. The van der Waals surface area contributed by atoms with E-state index in [9.17, 15) is 9.59 Å². The number of nitrogens with two attached hydrogens (primary N) is 1. The molecule has 2 aromatic rings. The molecule has 4 nitrogen and oxygen atoms in total. The lowest BCUT2D eigenvalue weighted by Crippen LogP contribution is -2.65. The van der Waals surface area contributed by atoms with Crippen LogP contribution in [0.4, 0.5) is 5.69 Å². The van der Waals surface area contributed by atoms with Gasteiger partial charge >= 0.3 is 0 Å². The fraction of sp³-hybridized carbons (Fsp3) is 0.333. The third-order valence-corrected chi connectivity index (χ3v) is 5.47. The summed E-state index contributed by atoms with van der Waals surface area (Å²) in [6.07, 6.45) is 0. The molecule has 3 rings (SSSR count). The van der Waals surface area contributed by atoms with Crippen molar-refractivity contribution < 1.29 is 9.59 Å². The fourth-order valence-electron chi connectivity index (χ4n) is 4.65. The first kappa shape index (κ1) is 17.2. The first-order chi connectivity index (χ1) is 11.7. The second kappa shape index (κ2) is 5.73. The number of carbonyl (C=O) groups excluding carboxylic acids is 2. The van der Waals surface area contributed by atoms with Crippen LogP contribution in [-0.2, 0) is 15.0 Å². The molecule has 0 saturated heterocycles. The molecule has 25 heavy (non-hydrogen) atoms. The molecule has 0 bridgehead atoms. The average Bonchev–Trinajstić information content (AvgIpc) is 2.54. The average molecular weight is 335 g/mol. The molecular weight excluding hydrogens is 312 g/mol. The van der Waals surface area contributed by atoms with Gasteiger partial charge in [-0.05, 0) is 43.2 Å². The number of fused-ring (bicyclic) bond motifs is 1. The molecule has 2 aromatic carbocycles. The predicted molar refractivity (Wildman–Crippen MR) is 98.1 cm³/mol. The van der Waals surface area contributed by atoms with Crippen molar-refractivity contribution in [2.45, 2.75) is 38.6 Å². The van der Waals surface area contributed by atoms with E-state index in [0.717, 1.165) is 16.8 Å². The fourth-order valence-corrected chi connectivity index (χ4v) is 4.65. The summed E-state index contributed by atoms with van der Waals surface area (Å²) in [5, 5.41) is 0. The summed E-state index contributed by atoms with van der Waals surface area (Å²) in [4.78, 5) is 26.8. The topological polar surface area (TPSA) is 63.4 Å². The van der Waals surface area contributed by atoms with E-state index >= 15 is 0 Å². The number of primary amides is 1. The van der Waals surface area contributed by atoms with Crippen LogP contribution < -0.4 is 10.6 Å². The second-order valence-corrected chi connectivity index (χ2v) is 7.36. The van der Waals surface area contributed by atoms with E-state index in [-0.39, 0.29) is 5.91 Å². The lowest BCUT2D eigenvalue weighted by atomic mass is 9.57. The summed E-state index contributed by atoms with van der Waals surface area (Å²) >= 11 is 0. The highest BCUT2D eigenvalue weighted by Crippen LogP contribution is 2.53. The Morgan fingerprint density at radius 1 is 1.12 bits per heavy atom. The van der Waals surface area contributed by atoms with Crippen LogP contribution >= 0.6 is 0 Å². The number of benzene rings is 2. The minimum absolute atomic E-state index is 0.112. The monoisotopic (exact) mass is 335 g/mol. The van der Waals surface area contributed by atoms with Gasteiger partial charge in [0.1, 0.15) is 0 Å². The maximum Gasteiger partial charge on any atom is 0.224 e. The van der Waals surface area contributed by atoms with Crippen LogP contribution in [0.25, 0.3) is 0 Å². The van der Waals surface area contributed by atoms with Gasteiger partial charge in [-0.3, -0.25) is 9.59 Å². The molecular formula is C21H23N2O2. The van der Waals surface area contributed by atoms with E-state index in [2.05, 4.69) is 6.07 Å².